The molecule has 0 fully saturated rings. The Bertz CT molecular complexity index is 945. The van der Waals surface area contributed by atoms with Crippen molar-refractivity contribution in [1.29, 1.82) is 0 Å². The molecule has 0 unspecified atom stereocenters. The summed E-state index contributed by atoms with van der Waals surface area (Å²) in [4.78, 5) is 12.2. The number of carbonyl (C=O) groups is 1. The fourth-order valence-corrected chi connectivity index (χ4v) is 3.96. The van der Waals surface area contributed by atoms with E-state index < -0.39 is 21.7 Å². The average molecular weight is 458 g/mol. The van der Waals surface area contributed by atoms with E-state index in [-0.39, 0.29) is 21.7 Å². The molecule has 2 aromatic carbocycles. The molecule has 8 heteroatoms. The highest BCUT2D eigenvalue weighted by atomic mass is 79.9. The highest BCUT2D eigenvalue weighted by Crippen LogP contribution is 2.29. The van der Waals surface area contributed by atoms with E-state index in [2.05, 4.69) is 20.7 Å². The lowest BCUT2D eigenvalue weighted by atomic mass is 10.0. The van der Waals surface area contributed by atoms with Gasteiger partial charge in [-0.3, -0.25) is 4.79 Å². The topological polar surface area (TPSA) is 72.5 Å². The van der Waals surface area contributed by atoms with Gasteiger partial charge in [-0.25, -0.2) is 17.5 Å². The summed E-state index contributed by atoms with van der Waals surface area (Å²) in [7, 11) is -4.03. The Morgan fingerprint density at radius 1 is 1.22 bits per heavy atom. The molecule has 0 heterocycles. The summed E-state index contributed by atoms with van der Waals surface area (Å²) in [6, 6.07) is 8.59. The van der Waals surface area contributed by atoms with Crippen LogP contribution in [-0.2, 0) is 21.2 Å². The van der Waals surface area contributed by atoms with E-state index in [0.29, 0.717) is 17.9 Å². The SMILES string of the molecule is CCOc1ccc(S(=O)(=O)NC(=O)Cc2ccc(F)c(Br)c2)cc1C(C)C. The molecule has 0 saturated heterocycles. The number of hydrogen-bond donors (Lipinski definition) is 1. The van der Waals surface area contributed by atoms with Crippen molar-refractivity contribution in [3.63, 3.8) is 0 Å². The molecule has 2 aromatic rings. The number of ether oxygens (including phenoxy) is 1. The summed E-state index contributed by atoms with van der Waals surface area (Å²) >= 11 is 3.04. The molecule has 0 aliphatic carbocycles. The zero-order valence-corrected chi connectivity index (χ0v) is 17.7. The van der Waals surface area contributed by atoms with E-state index in [4.69, 9.17) is 4.74 Å². The van der Waals surface area contributed by atoms with Crippen LogP contribution in [0, 0.1) is 5.82 Å². The van der Waals surface area contributed by atoms with Gasteiger partial charge >= 0.3 is 0 Å². The van der Waals surface area contributed by atoms with Crippen molar-refractivity contribution in [1.82, 2.24) is 4.72 Å². The fraction of sp³-hybridized carbons (Fsp3) is 0.316. The van der Waals surface area contributed by atoms with Gasteiger partial charge in [-0.1, -0.05) is 19.9 Å². The summed E-state index contributed by atoms with van der Waals surface area (Å²) in [6.07, 6.45) is -0.188. The van der Waals surface area contributed by atoms with Gasteiger partial charge in [0.25, 0.3) is 10.0 Å². The van der Waals surface area contributed by atoms with Crippen LogP contribution in [0.25, 0.3) is 0 Å². The van der Waals surface area contributed by atoms with Crippen LogP contribution < -0.4 is 9.46 Å². The van der Waals surface area contributed by atoms with E-state index in [0.717, 1.165) is 5.56 Å². The zero-order chi connectivity index (χ0) is 20.2. The predicted octanol–water partition coefficient (Wildman–Crippen LogP) is 4.16. The summed E-state index contributed by atoms with van der Waals surface area (Å²) in [5.41, 5.74) is 1.24. The van der Waals surface area contributed by atoms with Gasteiger partial charge in [0.2, 0.25) is 5.91 Å². The van der Waals surface area contributed by atoms with Crippen LogP contribution in [0.5, 0.6) is 5.75 Å². The number of hydrogen-bond acceptors (Lipinski definition) is 4. The van der Waals surface area contributed by atoms with Gasteiger partial charge in [0.15, 0.2) is 0 Å². The third kappa shape index (κ3) is 5.52. The molecule has 0 aliphatic heterocycles. The lowest BCUT2D eigenvalue weighted by Gasteiger charge is -2.15. The van der Waals surface area contributed by atoms with E-state index in [9.17, 15) is 17.6 Å². The number of sulfonamides is 1. The third-order valence-electron chi connectivity index (χ3n) is 3.81. The number of nitrogens with one attached hydrogen (secondary N) is 1. The molecule has 1 N–H and O–H groups in total. The first-order chi connectivity index (χ1) is 12.6. The Morgan fingerprint density at radius 2 is 1.93 bits per heavy atom. The van der Waals surface area contributed by atoms with E-state index in [1.165, 1.54) is 30.3 Å². The molecule has 0 bridgehead atoms. The minimum atomic E-state index is -4.03. The van der Waals surface area contributed by atoms with Gasteiger partial charge < -0.3 is 4.74 Å². The van der Waals surface area contributed by atoms with Gasteiger partial charge in [0.05, 0.1) is 22.4 Å². The van der Waals surface area contributed by atoms with Crippen molar-refractivity contribution < 1.29 is 22.3 Å². The average Bonchev–Trinajstić information content (AvgIpc) is 2.58. The van der Waals surface area contributed by atoms with Gasteiger partial charge in [0.1, 0.15) is 11.6 Å². The van der Waals surface area contributed by atoms with Crippen molar-refractivity contribution in [2.45, 2.75) is 38.0 Å². The maximum absolute atomic E-state index is 13.3. The second kappa shape index (κ2) is 8.84. The lowest BCUT2D eigenvalue weighted by molar-refractivity contribution is -0.118. The number of carbonyl (C=O) groups excluding carboxylic acids is 1. The van der Waals surface area contributed by atoms with Crippen molar-refractivity contribution in [3.8, 4) is 5.75 Å². The second-order valence-corrected chi connectivity index (χ2v) is 8.78. The van der Waals surface area contributed by atoms with E-state index >= 15 is 0 Å². The standard InChI is InChI=1S/C19H21BrFNO4S/c1-4-26-18-8-6-14(11-15(18)12(2)3)27(24,25)22-19(23)10-13-5-7-17(21)16(20)9-13/h5-9,11-12H,4,10H2,1-3H3,(H,22,23). The van der Waals surface area contributed by atoms with Crippen molar-refractivity contribution >= 4 is 31.9 Å². The molecule has 146 valence electrons. The van der Waals surface area contributed by atoms with Gasteiger partial charge in [0, 0.05) is 0 Å². The van der Waals surface area contributed by atoms with Crippen LogP contribution in [0.1, 0.15) is 37.8 Å². The van der Waals surface area contributed by atoms with Crippen LogP contribution in [-0.4, -0.2) is 20.9 Å². The first kappa shape index (κ1) is 21.4. The molecular weight excluding hydrogens is 437 g/mol. The molecule has 0 atom stereocenters. The van der Waals surface area contributed by atoms with Crippen molar-refractivity contribution in [2.24, 2.45) is 0 Å². The molecule has 1 amide bonds. The Kier molecular flexibility index (Phi) is 7.00. The van der Waals surface area contributed by atoms with Crippen LogP contribution >= 0.6 is 15.9 Å². The van der Waals surface area contributed by atoms with Gasteiger partial charge in [-0.05, 0) is 70.2 Å². The predicted molar refractivity (Wildman–Crippen MR) is 105 cm³/mol. The summed E-state index contributed by atoms with van der Waals surface area (Å²) in [6.45, 7) is 6.18. The Balaban J connectivity index is 2.21. The first-order valence-electron chi connectivity index (χ1n) is 8.40. The molecule has 0 saturated carbocycles. The van der Waals surface area contributed by atoms with Crippen LogP contribution in [0.2, 0.25) is 0 Å². The fourth-order valence-electron chi connectivity index (χ4n) is 2.51. The second-order valence-electron chi connectivity index (χ2n) is 6.24. The Morgan fingerprint density at radius 3 is 2.52 bits per heavy atom. The Labute approximate surface area is 167 Å². The molecule has 0 aliphatic rings. The maximum atomic E-state index is 13.3. The van der Waals surface area contributed by atoms with Crippen LogP contribution in [0.3, 0.4) is 0 Å². The quantitative estimate of drug-likeness (QED) is 0.677. The van der Waals surface area contributed by atoms with Crippen molar-refractivity contribution in [3.05, 3.63) is 57.8 Å². The number of halogens is 2. The van der Waals surface area contributed by atoms with Gasteiger partial charge in [-0.2, -0.15) is 0 Å². The molecule has 5 nitrogen and oxygen atoms in total. The Hall–Kier alpha value is -1.93. The molecule has 0 spiro atoms. The highest BCUT2D eigenvalue weighted by molar-refractivity contribution is 9.10. The third-order valence-corrected chi connectivity index (χ3v) is 5.79. The van der Waals surface area contributed by atoms with Crippen molar-refractivity contribution in [2.75, 3.05) is 6.61 Å². The molecule has 0 aromatic heterocycles. The van der Waals surface area contributed by atoms with E-state index in [1.807, 2.05) is 20.8 Å². The number of amides is 1. The smallest absolute Gasteiger partial charge is 0.264 e. The zero-order valence-electron chi connectivity index (χ0n) is 15.3. The van der Waals surface area contributed by atoms with Crippen LogP contribution in [0.15, 0.2) is 45.8 Å². The molecule has 27 heavy (non-hydrogen) atoms. The van der Waals surface area contributed by atoms with Crippen LogP contribution in [0.4, 0.5) is 4.39 Å². The van der Waals surface area contributed by atoms with Gasteiger partial charge in [-0.15, -0.1) is 0 Å². The first-order valence-corrected chi connectivity index (χ1v) is 10.7. The monoisotopic (exact) mass is 457 g/mol. The number of rotatable bonds is 7. The summed E-state index contributed by atoms with van der Waals surface area (Å²) in [5.74, 6) is -0.487. The largest absolute Gasteiger partial charge is 0.494 e. The highest BCUT2D eigenvalue weighted by Gasteiger charge is 2.20. The maximum Gasteiger partial charge on any atom is 0.264 e. The normalized spacial score (nSPS) is 11.5. The minimum absolute atomic E-state index is 0.0108. The minimum Gasteiger partial charge on any atom is -0.494 e. The summed E-state index contributed by atoms with van der Waals surface area (Å²) < 4.78 is 46.2. The number of benzene rings is 2. The summed E-state index contributed by atoms with van der Waals surface area (Å²) in [5, 5.41) is 0. The lowest BCUT2D eigenvalue weighted by Crippen LogP contribution is -2.31. The molecule has 0 radical (unpaired) electrons. The molecule has 2 rings (SSSR count). The van der Waals surface area contributed by atoms with E-state index in [1.54, 1.807) is 6.07 Å². The molecular formula is C19H21BrFNO4S.